The Morgan fingerprint density at radius 2 is 2.24 bits per heavy atom. The maximum atomic E-state index is 12.0. The van der Waals surface area contributed by atoms with Gasteiger partial charge in [-0.1, -0.05) is 15.9 Å². The number of amides is 1. The molecule has 1 atom stereocenters. The van der Waals surface area contributed by atoms with Gasteiger partial charge in [-0.05, 0) is 37.9 Å². The SMILES string of the molecule is Cl.O=C(NCC1CCCNC1)c1cc(Br)cc([N+](=O)[O-])c1. The lowest BCUT2D eigenvalue weighted by Gasteiger charge is -2.22. The number of benzene rings is 1. The lowest BCUT2D eigenvalue weighted by Crippen LogP contribution is -2.38. The van der Waals surface area contributed by atoms with Crippen molar-refractivity contribution in [3.63, 3.8) is 0 Å². The molecule has 0 saturated carbocycles. The second-order valence-corrected chi connectivity index (χ2v) is 5.79. The third kappa shape index (κ3) is 5.26. The van der Waals surface area contributed by atoms with E-state index in [-0.39, 0.29) is 24.0 Å². The second-order valence-electron chi connectivity index (χ2n) is 4.88. The molecule has 2 N–H and O–H groups in total. The van der Waals surface area contributed by atoms with Crippen LogP contribution in [0.4, 0.5) is 5.69 Å². The lowest BCUT2D eigenvalue weighted by atomic mass is 9.99. The van der Waals surface area contributed by atoms with Crippen molar-refractivity contribution in [3.8, 4) is 0 Å². The molecule has 8 heteroatoms. The van der Waals surface area contributed by atoms with Crippen molar-refractivity contribution < 1.29 is 9.72 Å². The molecule has 1 fully saturated rings. The first-order chi connectivity index (χ1) is 9.56. The number of carbonyl (C=O) groups is 1. The van der Waals surface area contributed by atoms with Crippen LogP contribution in [0.15, 0.2) is 22.7 Å². The maximum Gasteiger partial charge on any atom is 0.271 e. The van der Waals surface area contributed by atoms with Crippen LogP contribution < -0.4 is 10.6 Å². The zero-order chi connectivity index (χ0) is 14.5. The monoisotopic (exact) mass is 377 g/mol. The zero-order valence-corrected chi connectivity index (χ0v) is 13.7. The van der Waals surface area contributed by atoms with E-state index in [0.29, 0.717) is 22.5 Å². The quantitative estimate of drug-likeness (QED) is 0.623. The Morgan fingerprint density at radius 3 is 2.86 bits per heavy atom. The zero-order valence-electron chi connectivity index (χ0n) is 11.3. The number of nitrogens with zero attached hydrogens (tertiary/aromatic N) is 1. The Morgan fingerprint density at radius 1 is 1.48 bits per heavy atom. The van der Waals surface area contributed by atoms with Crippen LogP contribution >= 0.6 is 28.3 Å². The molecule has 21 heavy (non-hydrogen) atoms. The molecular formula is C13H17BrClN3O3. The molecule has 0 spiro atoms. The highest BCUT2D eigenvalue weighted by molar-refractivity contribution is 9.10. The van der Waals surface area contributed by atoms with Crippen molar-refractivity contribution >= 4 is 39.9 Å². The van der Waals surface area contributed by atoms with Gasteiger partial charge in [0.05, 0.1) is 4.92 Å². The first-order valence-electron chi connectivity index (χ1n) is 6.50. The molecule has 1 aromatic rings. The van der Waals surface area contributed by atoms with Gasteiger partial charge in [0.1, 0.15) is 0 Å². The summed E-state index contributed by atoms with van der Waals surface area (Å²) in [7, 11) is 0. The van der Waals surface area contributed by atoms with Gasteiger partial charge in [0, 0.05) is 28.7 Å². The van der Waals surface area contributed by atoms with Gasteiger partial charge in [-0.3, -0.25) is 14.9 Å². The first kappa shape index (κ1) is 17.9. The van der Waals surface area contributed by atoms with E-state index >= 15 is 0 Å². The van der Waals surface area contributed by atoms with E-state index in [2.05, 4.69) is 26.6 Å². The molecule has 1 amide bonds. The average molecular weight is 379 g/mol. The largest absolute Gasteiger partial charge is 0.352 e. The van der Waals surface area contributed by atoms with E-state index in [9.17, 15) is 14.9 Å². The van der Waals surface area contributed by atoms with Gasteiger partial charge in [0.15, 0.2) is 0 Å². The molecule has 1 aliphatic rings. The fourth-order valence-electron chi connectivity index (χ4n) is 2.25. The van der Waals surface area contributed by atoms with Crippen LogP contribution in [-0.2, 0) is 0 Å². The number of hydrogen-bond donors (Lipinski definition) is 2. The normalized spacial score (nSPS) is 17.7. The summed E-state index contributed by atoms with van der Waals surface area (Å²) in [6, 6.07) is 4.25. The minimum absolute atomic E-state index is 0. The van der Waals surface area contributed by atoms with Crippen LogP contribution in [0.2, 0.25) is 0 Å². The number of halogens is 2. The van der Waals surface area contributed by atoms with E-state index in [1.54, 1.807) is 6.07 Å². The summed E-state index contributed by atoms with van der Waals surface area (Å²) in [5.41, 5.74) is 0.207. The molecular weight excluding hydrogens is 362 g/mol. The minimum atomic E-state index is -0.507. The molecule has 0 aromatic heterocycles. The molecule has 1 aromatic carbocycles. The summed E-state index contributed by atoms with van der Waals surface area (Å²) in [5, 5.41) is 16.9. The summed E-state index contributed by atoms with van der Waals surface area (Å²) in [6.45, 7) is 2.52. The van der Waals surface area contributed by atoms with Crippen LogP contribution in [-0.4, -0.2) is 30.5 Å². The maximum absolute atomic E-state index is 12.0. The standard InChI is InChI=1S/C13H16BrN3O3.ClH/c14-11-4-10(5-12(6-11)17(19)20)13(18)16-8-9-2-1-3-15-7-9;/h4-6,9,15H,1-3,7-8H2,(H,16,18);1H. The molecule has 1 unspecified atom stereocenters. The van der Waals surface area contributed by atoms with Gasteiger partial charge < -0.3 is 10.6 Å². The van der Waals surface area contributed by atoms with Crippen LogP contribution in [0.3, 0.4) is 0 Å². The third-order valence-electron chi connectivity index (χ3n) is 3.31. The Hall–Kier alpha value is -1.18. The van der Waals surface area contributed by atoms with Gasteiger partial charge in [-0.15, -0.1) is 12.4 Å². The van der Waals surface area contributed by atoms with Gasteiger partial charge in [0.2, 0.25) is 0 Å². The van der Waals surface area contributed by atoms with Gasteiger partial charge >= 0.3 is 0 Å². The molecule has 0 bridgehead atoms. The number of hydrogen-bond acceptors (Lipinski definition) is 4. The molecule has 0 aliphatic carbocycles. The van der Waals surface area contributed by atoms with Crippen molar-refractivity contribution in [1.29, 1.82) is 0 Å². The second kappa shape index (κ2) is 8.31. The highest BCUT2D eigenvalue weighted by Crippen LogP contribution is 2.21. The van der Waals surface area contributed by atoms with E-state index in [1.807, 2.05) is 0 Å². The summed E-state index contributed by atoms with van der Waals surface area (Å²) in [6.07, 6.45) is 2.20. The number of nitro benzene ring substituents is 1. The Balaban J connectivity index is 0.00000220. The van der Waals surface area contributed by atoms with E-state index in [4.69, 9.17) is 0 Å². The smallest absolute Gasteiger partial charge is 0.271 e. The van der Waals surface area contributed by atoms with Crippen molar-refractivity contribution in [2.45, 2.75) is 12.8 Å². The number of rotatable bonds is 4. The highest BCUT2D eigenvalue weighted by atomic mass is 79.9. The predicted octanol–water partition coefficient (Wildman–Crippen LogP) is 2.51. The summed E-state index contributed by atoms with van der Waals surface area (Å²) < 4.78 is 0.524. The Bertz CT molecular complexity index is 521. The topological polar surface area (TPSA) is 84.3 Å². The summed E-state index contributed by atoms with van der Waals surface area (Å²) >= 11 is 3.18. The van der Waals surface area contributed by atoms with Crippen LogP contribution in [0.1, 0.15) is 23.2 Å². The van der Waals surface area contributed by atoms with Crippen molar-refractivity contribution in [2.24, 2.45) is 5.92 Å². The number of piperidine rings is 1. The third-order valence-corrected chi connectivity index (χ3v) is 3.76. The number of nitro groups is 1. The average Bonchev–Trinajstić information content (AvgIpc) is 2.45. The predicted molar refractivity (Wildman–Crippen MR) is 86.0 cm³/mol. The van der Waals surface area contributed by atoms with Gasteiger partial charge in [-0.25, -0.2) is 0 Å². The van der Waals surface area contributed by atoms with Gasteiger partial charge in [-0.2, -0.15) is 0 Å². The van der Waals surface area contributed by atoms with Crippen molar-refractivity contribution in [2.75, 3.05) is 19.6 Å². The van der Waals surface area contributed by atoms with E-state index in [1.165, 1.54) is 12.1 Å². The molecule has 1 heterocycles. The van der Waals surface area contributed by atoms with Crippen LogP contribution in [0, 0.1) is 16.0 Å². The molecule has 1 aliphatic heterocycles. The minimum Gasteiger partial charge on any atom is -0.352 e. The number of carbonyl (C=O) groups excluding carboxylic acids is 1. The lowest BCUT2D eigenvalue weighted by molar-refractivity contribution is -0.385. The Labute approximate surface area is 137 Å². The number of non-ortho nitro benzene ring substituents is 1. The van der Waals surface area contributed by atoms with Crippen LogP contribution in [0.5, 0.6) is 0 Å². The van der Waals surface area contributed by atoms with Crippen LogP contribution in [0.25, 0.3) is 0 Å². The van der Waals surface area contributed by atoms with E-state index in [0.717, 1.165) is 25.9 Å². The van der Waals surface area contributed by atoms with Gasteiger partial charge in [0.25, 0.3) is 11.6 Å². The summed E-state index contributed by atoms with van der Waals surface area (Å²) in [4.78, 5) is 22.3. The summed E-state index contributed by atoms with van der Waals surface area (Å²) in [5.74, 6) is 0.148. The Kier molecular flexibility index (Phi) is 7.07. The van der Waals surface area contributed by atoms with E-state index < -0.39 is 4.92 Å². The number of nitrogens with one attached hydrogen (secondary N) is 2. The molecule has 116 valence electrons. The van der Waals surface area contributed by atoms with Crippen molar-refractivity contribution in [1.82, 2.24) is 10.6 Å². The molecule has 2 rings (SSSR count). The first-order valence-corrected chi connectivity index (χ1v) is 7.29. The fraction of sp³-hybridized carbons (Fsp3) is 0.462. The highest BCUT2D eigenvalue weighted by Gasteiger charge is 2.17. The molecule has 1 saturated heterocycles. The molecule has 6 nitrogen and oxygen atoms in total. The fourth-order valence-corrected chi connectivity index (χ4v) is 2.73. The molecule has 0 radical (unpaired) electrons. The van der Waals surface area contributed by atoms with Crippen molar-refractivity contribution in [3.05, 3.63) is 38.3 Å².